The van der Waals surface area contributed by atoms with E-state index in [1.54, 1.807) is 10.7 Å². The number of hydrogen-bond acceptors (Lipinski definition) is 8. The molecule has 0 amide bonds. The van der Waals surface area contributed by atoms with Crippen LogP contribution in [0.5, 0.6) is 0 Å². The fourth-order valence-electron chi connectivity index (χ4n) is 4.28. The van der Waals surface area contributed by atoms with Crippen molar-refractivity contribution in [3.63, 3.8) is 0 Å². The molecule has 1 saturated carbocycles. The molecule has 9 heteroatoms. The summed E-state index contributed by atoms with van der Waals surface area (Å²) in [4.78, 5) is 8.32. The highest BCUT2D eigenvalue weighted by Gasteiger charge is 2.83. The molecule has 25 heavy (non-hydrogen) atoms. The van der Waals surface area contributed by atoms with Gasteiger partial charge in [0.25, 0.3) is 0 Å². The van der Waals surface area contributed by atoms with Gasteiger partial charge in [-0.1, -0.05) is 13.8 Å². The molecule has 3 fully saturated rings. The van der Waals surface area contributed by atoms with E-state index in [-0.39, 0.29) is 24.4 Å². The summed E-state index contributed by atoms with van der Waals surface area (Å²) < 4.78 is 20.5. The van der Waals surface area contributed by atoms with Crippen molar-refractivity contribution in [1.29, 1.82) is 0 Å². The van der Waals surface area contributed by atoms with Crippen molar-refractivity contribution in [1.82, 2.24) is 24.9 Å². The second kappa shape index (κ2) is 4.67. The number of imidazole rings is 1. The van der Waals surface area contributed by atoms with Crippen molar-refractivity contribution in [2.45, 2.75) is 69.5 Å². The van der Waals surface area contributed by atoms with Crippen LogP contribution in [0.15, 0.2) is 12.5 Å². The second-order valence-corrected chi connectivity index (χ2v) is 7.73. The van der Waals surface area contributed by atoms with E-state index >= 15 is 0 Å². The van der Waals surface area contributed by atoms with Gasteiger partial charge in [0, 0.05) is 6.04 Å². The van der Waals surface area contributed by atoms with Crippen LogP contribution in [0.4, 0.5) is 5.82 Å². The predicted octanol–water partition coefficient (Wildman–Crippen LogP) is 0.417. The molecule has 3 aliphatic rings. The van der Waals surface area contributed by atoms with Crippen molar-refractivity contribution in [3.05, 3.63) is 18.2 Å². The van der Waals surface area contributed by atoms with Gasteiger partial charge in [-0.25, -0.2) is 14.5 Å². The van der Waals surface area contributed by atoms with Crippen molar-refractivity contribution in [2.75, 3.05) is 5.73 Å². The van der Waals surface area contributed by atoms with Crippen LogP contribution in [-0.2, 0) is 14.2 Å². The molecule has 2 aliphatic heterocycles. The SMILES string of the molecule is CC(C)NC1C2OC(c3cnc4c(N)ncnn34)C3OC(C)(C)OC132. The summed E-state index contributed by atoms with van der Waals surface area (Å²) in [6, 6.07) is 0.456. The van der Waals surface area contributed by atoms with Crippen LogP contribution in [0.3, 0.4) is 0 Å². The van der Waals surface area contributed by atoms with Gasteiger partial charge in [0.2, 0.25) is 0 Å². The highest BCUT2D eigenvalue weighted by atomic mass is 16.8. The van der Waals surface area contributed by atoms with Crippen LogP contribution in [0, 0.1) is 0 Å². The minimum absolute atomic E-state index is 0.0589. The molecular weight excluding hydrogens is 324 g/mol. The third kappa shape index (κ3) is 1.95. The maximum absolute atomic E-state index is 6.32. The fraction of sp³-hybridized carbons (Fsp3) is 0.688. The molecule has 0 bridgehead atoms. The lowest BCUT2D eigenvalue weighted by Crippen LogP contribution is -2.40. The average Bonchev–Trinajstić information content (AvgIpc) is 2.88. The molecule has 3 N–H and O–H groups in total. The number of nitrogens with one attached hydrogen (secondary N) is 1. The first-order chi connectivity index (χ1) is 11.8. The average molecular weight is 346 g/mol. The second-order valence-electron chi connectivity index (χ2n) is 7.73. The van der Waals surface area contributed by atoms with Crippen LogP contribution in [0.1, 0.15) is 39.5 Å². The Morgan fingerprint density at radius 3 is 2.84 bits per heavy atom. The molecule has 1 aliphatic carbocycles. The highest BCUT2D eigenvalue weighted by molar-refractivity contribution is 5.59. The molecular formula is C16H22N6O3. The van der Waals surface area contributed by atoms with Crippen LogP contribution >= 0.6 is 0 Å². The number of aromatic nitrogens is 4. The Bertz CT molecular complexity index is 852. The third-order valence-electron chi connectivity index (χ3n) is 5.13. The first-order valence-electron chi connectivity index (χ1n) is 8.57. The van der Waals surface area contributed by atoms with E-state index in [4.69, 9.17) is 19.9 Å². The van der Waals surface area contributed by atoms with Gasteiger partial charge in [0.15, 0.2) is 17.3 Å². The van der Waals surface area contributed by atoms with Crippen LogP contribution in [0.2, 0.25) is 0 Å². The molecule has 5 atom stereocenters. The first-order valence-corrected chi connectivity index (χ1v) is 8.57. The van der Waals surface area contributed by atoms with Gasteiger partial charge in [0.05, 0.1) is 17.9 Å². The van der Waals surface area contributed by atoms with Gasteiger partial charge in [-0.2, -0.15) is 5.10 Å². The molecule has 2 aromatic heterocycles. The first kappa shape index (κ1) is 15.4. The number of rotatable bonds is 3. The minimum atomic E-state index is -0.660. The molecule has 1 spiro atoms. The maximum atomic E-state index is 6.32. The lowest BCUT2D eigenvalue weighted by molar-refractivity contribution is -0.176. The zero-order valence-electron chi connectivity index (χ0n) is 14.6. The molecule has 0 radical (unpaired) electrons. The number of anilines is 1. The predicted molar refractivity (Wildman–Crippen MR) is 87.6 cm³/mol. The number of hydrogen-bond donors (Lipinski definition) is 2. The summed E-state index contributed by atoms with van der Waals surface area (Å²) in [7, 11) is 0. The zero-order chi connectivity index (χ0) is 17.6. The van der Waals surface area contributed by atoms with Crippen molar-refractivity contribution in [3.8, 4) is 0 Å². The normalized spacial score (nSPS) is 38.3. The number of nitrogen functional groups attached to an aromatic ring is 1. The van der Waals surface area contributed by atoms with E-state index < -0.39 is 11.4 Å². The molecule has 2 aromatic rings. The maximum Gasteiger partial charge on any atom is 0.196 e. The largest absolute Gasteiger partial charge is 0.381 e. The Kier molecular flexibility index (Phi) is 2.89. The molecule has 9 nitrogen and oxygen atoms in total. The monoisotopic (exact) mass is 346 g/mol. The number of fused-ring (bicyclic) bond motifs is 1. The van der Waals surface area contributed by atoms with E-state index in [1.165, 1.54) is 6.33 Å². The van der Waals surface area contributed by atoms with E-state index in [0.29, 0.717) is 17.5 Å². The van der Waals surface area contributed by atoms with E-state index in [0.717, 1.165) is 5.69 Å². The third-order valence-corrected chi connectivity index (χ3v) is 5.13. The molecule has 5 rings (SSSR count). The molecule has 4 heterocycles. The quantitative estimate of drug-likeness (QED) is 0.823. The zero-order valence-corrected chi connectivity index (χ0v) is 14.6. The van der Waals surface area contributed by atoms with Crippen molar-refractivity contribution < 1.29 is 14.2 Å². The van der Waals surface area contributed by atoms with Gasteiger partial charge < -0.3 is 25.3 Å². The summed E-state index contributed by atoms with van der Waals surface area (Å²) in [5.74, 6) is -0.324. The Morgan fingerprint density at radius 2 is 2.08 bits per heavy atom. The van der Waals surface area contributed by atoms with Crippen LogP contribution in [-0.4, -0.2) is 55.3 Å². The van der Waals surface area contributed by atoms with Gasteiger partial charge >= 0.3 is 0 Å². The van der Waals surface area contributed by atoms with Crippen LogP contribution < -0.4 is 11.1 Å². The van der Waals surface area contributed by atoms with Gasteiger partial charge in [-0.15, -0.1) is 0 Å². The van der Waals surface area contributed by atoms with Gasteiger partial charge in [0.1, 0.15) is 30.2 Å². The number of nitrogens with two attached hydrogens (primary N) is 1. The summed E-state index contributed by atoms with van der Waals surface area (Å²) in [6.45, 7) is 8.10. The Hall–Kier alpha value is -1.81. The standard InChI is InChI=1S/C16H22N6O3/c1-7(2)21-10-12-16(10)11(24-15(3,4)25-16)9(23-12)8-5-18-14-13(17)19-6-20-22(8)14/h5-7,9-12,21H,1-4H3,(H2,17,19,20). The van der Waals surface area contributed by atoms with E-state index in [1.807, 2.05) is 13.8 Å². The summed E-state index contributed by atoms with van der Waals surface area (Å²) >= 11 is 0. The van der Waals surface area contributed by atoms with E-state index in [9.17, 15) is 0 Å². The van der Waals surface area contributed by atoms with Gasteiger partial charge in [-0.3, -0.25) is 0 Å². The lowest BCUT2D eigenvalue weighted by atomic mass is 10.0. The fourth-order valence-corrected chi connectivity index (χ4v) is 4.28. The van der Waals surface area contributed by atoms with Crippen LogP contribution in [0.25, 0.3) is 5.65 Å². The van der Waals surface area contributed by atoms with Crippen molar-refractivity contribution in [2.24, 2.45) is 0 Å². The summed E-state index contributed by atoms with van der Waals surface area (Å²) in [5.41, 5.74) is 6.73. The highest BCUT2D eigenvalue weighted by Crippen LogP contribution is 2.64. The van der Waals surface area contributed by atoms with Gasteiger partial charge in [-0.05, 0) is 13.8 Å². The Morgan fingerprint density at radius 1 is 1.28 bits per heavy atom. The Balaban J connectivity index is 1.54. The molecule has 134 valence electrons. The number of nitrogens with zero attached hydrogens (tertiary/aromatic N) is 4. The molecule has 5 unspecified atom stereocenters. The van der Waals surface area contributed by atoms with Crippen molar-refractivity contribution >= 4 is 11.5 Å². The topological polar surface area (TPSA) is 109 Å². The minimum Gasteiger partial charge on any atom is -0.381 e. The summed E-state index contributed by atoms with van der Waals surface area (Å²) in [6.07, 6.45) is 2.53. The Labute approximate surface area is 144 Å². The molecule has 0 aromatic carbocycles. The smallest absolute Gasteiger partial charge is 0.196 e. The molecule has 2 saturated heterocycles. The lowest BCUT2D eigenvalue weighted by Gasteiger charge is -2.23. The van der Waals surface area contributed by atoms with E-state index in [2.05, 4.69) is 34.2 Å². The number of ether oxygens (including phenoxy) is 3. The summed E-state index contributed by atoms with van der Waals surface area (Å²) in [5, 5.41) is 7.81.